The Balaban J connectivity index is 1.50. The summed E-state index contributed by atoms with van der Waals surface area (Å²) >= 11 is 0. The van der Waals surface area contributed by atoms with Crippen molar-refractivity contribution in [2.24, 2.45) is 0 Å². The van der Waals surface area contributed by atoms with Gasteiger partial charge in [0.1, 0.15) is 5.75 Å². The van der Waals surface area contributed by atoms with E-state index >= 15 is 0 Å². The standard InChI is InChI=1S/C19H22N4O4/c1-27-18-5-3-2-4-17(18)22-12-10-21(11-13-22)14-19(24)20-15-6-8-16(9-7-15)23(25)26/h2-9H,10-14H2,1H3,(H,20,24). The van der Waals surface area contributed by atoms with Crippen LogP contribution >= 0.6 is 0 Å². The fourth-order valence-corrected chi connectivity index (χ4v) is 3.11. The van der Waals surface area contributed by atoms with E-state index in [0.717, 1.165) is 37.6 Å². The minimum Gasteiger partial charge on any atom is -0.495 e. The van der Waals surface area contributed by atoms with Gasteiger partial charge in [0.2, 0.25) is 5.91 Å². The van der Waals surface area contributed by atoms with E-state index in [-0.39, 0.29) is 18.1 Å². The molecule has 2 aromatic carbocycles. The number of rotatable bonds is 6. The van der Waals surface area contributed by atoms with Crippen LogP contribution in [0, 0.1) is 10.1 Å². The smallest absolute Gasteiger partial charge is 0.269 e. The molecule has 0 bridgehead atoms. The molecule has 8 nitrogen and oxygen atoms in total. The highest BCUT2D eigenvalue weighted by Gasteiger charge is 2.21. The lowest BCUT2D eigenvalue weighted by Gasteiger charge is -2.36. The Morgan fingerprint density at radius 2 is 1.78 bits per heavy atom. The zero-order valence-electron chi connectivity index (χ0n) is 15.1. The Morgan fingerprint density at radius 3 is 2.41 bits per heavy atom. The van der Waals surface area contributed by atoms with E-state index in [9.17, 15) is 14.9 Å². The normalized spacial score (nSPS) is 14.6. The third-order valence-electron chi connectivity index (χ3n) is 4.53. The number of non-ortho nitro benzene ring substituents is 1. The monoisotopic (exact) mass is 370 g/mol. The summed E-state index contributed by atoms with van der Waals surface area (Å²) in [5.41, 5.74) is 1.62. The molecule has 1 fully saturated rings. The Bertz CT molecular complexity index is 802. The Kier molecular flexibility index (Phi) is 5.87. The lowest BCUT2D eigenvalue weighted by Crippen LogP contribution is -2.48. The second-order valence-corrected chi connectivity index (χ2v) is 6.29. The van der Waals surface area contributed by atoms with Crippen molar-refractivity contribution in [2.75, 3.05) is 50.1 Å². The van der Waals surface area contributed by atoms with Gasteiger partial charge in [-0.05, 0) is 24.3 Å². The van der Waals surface area contributed by atoms with Gasteiger partial charge in [0, 0.05) is 44.0 Å². The van der Waals surface area contributed by atoms with Crippen LogP contribution in [0.4, 0.5) is 17.1 Å². The summed E-state index contributed by atoms with van der Waals surface area (Å²) in [7, 11) is 1.66. The Hall–Kier alpha value is -3.13. The highest BCUT2D eigenvalue weighted by atomic mass is 16.6. The maximum atomic E-state index is 12.2. The zero-order valence-corrected chi connectivity index (χ0v) is 15.1. The molecule has 0 aromatic heterocycles. The van der Waals surface area contributed by atoms with Gasteiger partial charge in [-0.2, -0.15) is 0 Å². The summed E-state index contributed by atoms with van der Waals surface area (Å²) in [4.78, 5) is 26.8. The number of nitrogens with one attached hydrogen (secondary N) is 1. The quantitative estimate of drug-likeness (QED) is 0.620. The van der Waals surface area contributed by atoms with Gasteiger partial charge in [0.15, 0.2) is 0 Å². The molecule has 2 aromatic rings. The molecule has 1 saturated heterocycles. The summed E-state index contributed by atoms with van der Waals surface area (Å²) in [6.07, 6.45) is 0. The van der Waals surface area contributed by atoms with Gasteiger partial charge in [-0.25, -0.2) is 0 Å². The molecule has 0 aliphatic carbocycles. The van der Waals surface area contributed by atoms with Gasteiger partial charge in [-0.15, -0.1) is 0 Å². The average molecular weight is 370 g/mol. The van der Waals surface area contributed by atoms with Crippen LogP contribution in [-0.2, 0) is 4.79 Å². The van der Waals surface area contributed by atoms with Crippen molar-refractivity contribution in [2.45, 2.75) is 0 Å². The van der Waals surface area contributed by atoms with E-state index in [0.29, 0.717) is 5.69 Å². The minimum absolute atomic E-state index is 0.000427. The molecule has 1 amide bonds. The number of hydrogen-bond acceptors (Lipinski definition) is 6. The van der Waals surface area contributed by atoms with Crippen LogP contribution < -0.4 is 15.0 Å². The molecule has 1 aliphatic heterocycles. The zero-order chi connectivity index (χ0) is 19.2. The molecule has 0 atom stereocenters. The SMILES string of the molecule is COc1ccccc1N1CCN(CC(=O)Nc2ccc([N+](=O)[O-])cc2)CC1. The number of hydrogen-bond donors (Lipinski definition) is 1. The molecule has 0 radical (unpaired) electrons. The molecule has 142 valence electrons. The third-order valence-corrected chi connectivity index (χ3v) is 4.53. The molecule has 0 spiro atoms. The molecule has 1 heterocycles. The van der Waals surface area contributed by atoms with E-state index < -0.39 is 4.92 Å². The van der Waals surface area contributed by atoms with Gasteiger partial charge >= 0.3 is 0 Å². The van der Waals surface area contributed by atoms with Crippen LogP contribution in [0.3, 0.4) is 0 Å². The number of methoxy groups -OCH3 is 1. The van der Waals surface area contributed by atoms with Crippen LogP contribution in [0.15, 0.2) is 48.5 Å². The van der Waals surface area contributed by atoms with Gasteiger partial charge < -0.3 is 15.0 Å². The fourth-order valence-electron chi connectivity index (χ4n) is 3.11. The van der Waals surface area contributed by atoms with Crippen molar-refractivity contribution >= 4 is 23.0 Å². The number of ether oxygens (including phenoxy) is 1. The average Bonchev–Trinajstić information content (AvgIpc) is 2.69. The number of nitro groups is 1. The molecule has 27 heavy (non-hydrogen) atoms. The first-order valence-electron chi connectivity index (χ1n) is 8.71. The maximum absolute atomic E-state index is 12.2. The predicted octanol–water partition coefficient (Wildman–Crippen LogP) is 2.36. The van der Waals surface area contributed by atoms with Crippen LogP contribution in [0.2, 0.25) is 0 Å². The molecule has 0 unspecified atom stereocenters. The molecule has 8 heteroatoms. The van der Waals surface area contributed by atoms with E-state index in [4.69, 9.17) is 4.74 Å². The fraction of sp³-hybridized carbons (Fsp3) is 0.316. The van der Waals surface area contributed by atoms with Crippen LogP contribution in [0.1, 0.15) is 0 Å². The second kappa shape index (κ2) is 8.50. The molecular formula is C19H22N4O4. The Morgan fingerprint density at radius 1 is 1.11 bits per heavy atom. The number of nitro benzene ring substituents is 1. The lowest BCUT2D eigenvalue weighted by molar-refractivity contribution is -0.384. The van der Waals surface area contributed by atoms with Crippen molar-refractivity contribution in [1.29, 1.82) is 0 Å². The first kappa shape index (κ1) is 18.7. The predicted molar refractivity (Wildman–Crippen MR) is 103 cm³/mol. The number of nitrogens with zero attached hydrogens (tertiary/aromatic N) is 3. The molecule has 1 N–H and O–H groups in total. The highest BCUT2D eigenvalue weighted by Crippen LogP contribution is 2.28. The van der Waals surface area contributed by atoms with Crippen molar-refractivity contribution < 1.29 is 14.5 Å². The van der Waals surface area contributed by atoms with Gasteiger partial charge in [0.25, 0.3) is 5.69 Å². The number of benzene rings is 2. The largest absolute Gasteiger partial charge is 0.495 e. The summed E-state index contributed by atoms with van der Waals surface area (Å²) in [6, 6.07) is 13.7. The molecule has 0 saturated carbocycles. The van der Waals surface area contributed by atoms with E-state index in [1.165, 1.54) is 24.3 Å². The third kappa shape index (κ3) is 4.73. The van der Waals surface area contributed by atoms with Crippen molar-refractivity contribution in [1.82, 2.24) is 4.90 Å². The van der Waals surface area contributed by atoms with Gasteiger partial charge in [0.05, 0.1) is 24.3 Å². The van der Waals surface area contributed by atoms with E-state index in [1.54, 1.807) is 7.11 Å². The number of carbonyl (C=O) groups excluding carboxylic acids is 1. The Labute approximate surface area is 157 Å². The van der Waals surface area contributed by atoms with Gasteiger partial charge in [-0.3, -0.25) is 19.8 Å². The topological polar surface area (TPSA) is 88.0 Å². The van der Waals surface area contributed by atoms with Crippen molar-refractivity contribution in [3.05, 3.63) is 58.6 Å². The lowest BCUT2D eigenvalue weighted by atomic mass is 10.2. The molecule has 3 rings (SSSR count). The van der Waals surface area contributed by atoms with Crippen LogP contribution in [-0.4, -0.2) is 55.6 Å². The van der Waals surface area contributed by atoms with Crippen molar-refractivity contribution in [3.8, 4) is 5.75 Å². The number of para-hydroxylation sites is 2. The number of anilines is 2. The van der Waals surface area contributed by atoms with E-state index in [2.05, 4.69) is 15.1 Å². The highest BCUT2D eigenvalue weighted by molar-refractivity contribution is 5.92. The first-order valence-corrected chi connectivity index (χ1v) is 8.71. The summed E-state index contributed by atoms with van der Waals surface area (Å²) in [5.74, 6) is 0.719. The minimum atomic E-state index is -0.465. The molecule has 1 aliphatic rings. The summed E-state index contributed by atoms with van der Waals surface area (Å²) in [5, 5.41) is 13.4. The van der Waals surface area contributed by atoms with Crippen LogP contribution in [0.5, 0.6) is 5.75 Å². The summed E-state index contributed by atoms with van der Waals surface area (Å²) < 4.78 is 5.42. The van der Waals surface area contributed by atoms with Gasteiger partial charge in [-0.1, -0.05) is 12.1 Å². The maximum Gasteiger partial charge on any atom is 0.269 e. The van der Waals surface area contributed by atoms with Crippen molar-refractivity contribution in [3.63, 3.8) is 0 Å². The molecular weight excluding hydrogens is 348 g/mol. The summed E-state index contributed by atoms with van der Waals surface area (Å²) in [6.45, 7) is 3.45. The second-order valence-electron chi connectivity index (χ2n) is 6.29. The van der Waals surface area contributed by atoms with E-state index in [1.807, 2.05) is 24.3 Å². The number of piperazine rings is 1. The first-order chi connectivity index (χ1) is 13.1. The number of carbonyl (C=O) groups is 1. The van der Waals surface area contributed by atoms with Crippen LogP contribution in [0.25, 0.3) is 0 Å². The number of amides is 1.